The van der Waals surface area contributed by atoms with Crippen LogP contribution in [0.5, 0.6) is 0 Å². The molecule has 1 atom stereocenters. The third-order valence-electron chi connectivity index (χ3n) is 14.3. The third kappa shape index (κ3) is 68.0. The molecule has 0 amide bonds. The Bertz CT molecular complexity index is 1800. The molecule has 0 spiro atoms. The summed E-state index contributed by atoms with van der Waals surface area (Å²) < 4.78 is 16.9. The summed E-state index contributed by atoms with van der Waals surface area (Å²) in [7, 11) is 0. The minimum atomic E-state index is -0.819. The van der Waals surface area contributed by atoms with E-state index in [1.807, 2.05) is 6.08 Å². The van der Waals surface area contributed by atoms with Gasteiger partial charge in [-0.1, -0.05) is 301 Å². The van der Waals surface area contributed by atoms with Crippen molar-refractivity contribution < 1.29 is 28.6 Å². The zero-order valence-corrected chi connectivity index (χ0v) is 53.9. The maximum absolute atomic E-state index is 12.9. The molecule has 0 aliphatic carbocycles. The molecule has 470 valence electrons. The molecule has 1 unspecified atom stereocenters. The van der Waals surface area contributed by atoms with Gasteiger partial charge in [0.2, 0.25) is 0 Å². The van der Waals surface area contributed by atoms with E-state index >= 15 is 0 Å². The highest BCUT2D eigenvalue weighted by atomic mass is 16.6. The quantitative estimate of drug-likeness (QED) is 0.0261. The molecule has 6 nitrogen and oxygen atoms in total. The number of hydrogen-bond donors (Lipinski definition) is 0. The molecule has 0 heterocycles. The van der Waals surface area contributed by atoms with Gasteiger partial charge in [0.25, 0.3) is 0 Å². The topological polar surface area (TPSA) is 78.9 Å². The van der Waals surface area contributed by atoms with E-state index in [9.17, 15) is 14.4 Å². The Labute approximate surface area is 512 Å². The minimum absolute atomic E-state index is 0.108. The van der Waals surface area contributed by atoms with Crippen LogP contribution < -0.4 is 0 Å². The van der Waals surface area contributed by atoms with Crippen LogP contribution in [-0.2, 0) is 28.6 Å². The van der Waals surface area contributed by atoms with E-state index in [0.29, 0.717) is 19.3 Å². The molecule has 0 saturated carbocycles. The smallest absolute Gasteiger partial charge is 0.306 e. The van der Waals surface area contributed by atoms with Crippen LogP contribution in [0, 0.1) is 0 Å². The van der Waals surface area contributed by atoms with Gasteiger partial charge in [-0.3, -0.25) is 14.4 Å². The van der Waals surface area contributed by atoms with Crippen molar-refractivity contribution in [3.8, 4) is 0 Å². The summed E-state index contributed by atoms with van der Waals surface area (Å²) in [5.41, 5.74) is 0. The van der Waals surface area contributed by atoms with E-state index in [0.717, 1.165) is 122 Å². The molecular formula is C77H126O6. The fraction of sp³-hybridized carbons (Fsp3) is 0.649. The van der Waals surface area contributed by atoms with Crippen LogP contribution in [0.3, 0.4) is 0 Å². The summed E-state index contributed by atoms with van der Waals surface area (Å²) in [4.78, 5) is 38.3. The minimum Gasteiger partial charge on any atom is -0.462 e. The van der Waals surface area contributed by atoms with Crippen molar-refractivity contribution in [2.75, 3.05) is 13.2 Å². The largest absolute Gasteiger partial charge is 0.462 e. The molecule has 0 aliphatic rings. The Hall–Kier alpha value is -4.71. The van der Waals surface area contributed by atoms with Crippen molar-refractivity contribution in [1.29, 1.82) is 0 Å². The summed E-state index contributed by atoms with van der Waals surface area (Å²) in [5, 5.41) is 0. The number of carbonyl (C=O) groups is 3. The van der Waals surface area contributed by atoms with E-state index in [1.54, 1.807) is 0 Å². The van der Waals surface area contributed by atoms with Gasteiger partial charge in [0.1, 0.15) is 13.2 Å². The van der Waals surface area contributed by atoms with Crippen LogP contribution in [-0.4, -0.2) is 37.2 Å². The summed E-state index contributed by atoms with van der Waals surface area (Å²) in [5.74, 6) is -1.00. The molecule has 0 rings (SSSR count). The first kappa shape index (κ1) is 78.3. The SMILES string of the molecule is CC/C=C\C/C=C\C/C=C\C/C=C\C/C=C\CCCCCCCCCCCCCCCCCCCC(=O)OCC(COC(=O)CC/C=C\C/C=C\C/C=C\C/C=C\CC)OC(=O)CCCCCCCC/C=C\C/C=C\C/C=C\CCCCC. The molecule has 0 N–H and O–H groups in total. The predicted octanol–water partition coefficient (Wildman–Crippen LogP) is 23.9. The van der Waals surface area contributed by atoms with Crippen LogP contribution in [0.2, 0.25) is 0 Å². The van der Waals surface area contributed by atoms with Crippen LogP contribution in [0.25, 0.3) is 0 Å². The van der Waals surface area contributed by atoms with Crippen molar-refractivity contribution >= 4 is 17.9 Å². The molecule has 0 aromatic carbocycles. The number of unbranched alkanes of at least 4 members (excludes halogenated alkanes) is 26. The second-order valence-corrected chi connectivity index (χ2v) is 22.3. The van der Waals surface area contributed by atoms with E-state index < -0.39 is 6.10 Å². The normalized spacial score (nSPS) is 13.0. The highest BCUT2D eigenvalue weighted by molar-refractivity contribution is 5.71. The van der Waals surface area contributed by atoms with Gasteiger partial charge in [-0.05, 0) is 128 Å². The second-order valence-electron chi connectivity index (χ2n) is 22.3. The van der Waals surface area contributed by atoms with Crippen molar-refractivity contribution in [2.24, 2.45) is 0 Å². The first-order chi connectivity index (χ1) is 41.0. The molecule has 6 heteroatoms. The predicted molar refractivity (Wildman–Crippen MR) is 362 cm³/mol. The van der Waals surface area contributed by atoms with Gasteiger partial charge in [-0.2, -0.15) is 0 Å². The Morgan fingerprint density at radius 1 is 0.253 bits per heavy atom. The van der Waals surface area contributed by atoms with Gasteiger partial charge < -0.3 is 14.2 Å². The lowest BCUT2D eigenvalue weighted by Crippen LogP contribution is -2.30. The van der Waals surface area contributed by atoms with Crippen LogP contribution in [0.4, 0.5) is 0 Å². The Morgan fingerprint density at radius 2 is 0.494 bits per heavy atom. The number of allylic oxidation sites excluding steroid dienone is 24. The highest BCUT2D eigenvalue weighted by Gasteiger charge is 2.19. The van der Waals surface area contributed by atoms with Gasteiger partial charge >= 0.3 is 17.9 Å². The van der Waals surface area contributed by atoms with E-state index in [2.05, 4.69) is 161 Å². The molecule has 0 bridgehead atoms. The molecule has 0 fully saturated rings. The van der Waals surface area contributed by atoms with Crippen molar-refractivity contribution in [3.63, 3.8) is 0 Å². The number of ether oxygens (including phenoxy) is 3. The van der Waals surface area contributed by atoms with E-state index in [4.69, 9.17) is 14.2 Å². The standard InChI is InChI=1S/C77H126O6/c1-4-7-10-13-16-19-22-25-27-29-31-32-33-34-35-36-37-38-39-40-41-42-43-44-46-47-49-52-55-58-61-64-67-70-76(79)82-73-74(72-81-75(78)69-66-63-60-57-54-51-24-21-18-15-12-9-6-3)83-77(80)71-68-65-62-59-56-53-50-48-45-30-28-26-23-20-17-14-11-8-5-2/h7,9-10,12,16-21,25-28,31-32,34-35,45,48,51,54,60,63,74H,4-6,8,11,13-15,22-24,29-30,33,36-44,46-47,49-50,52-53,55-59,61-62,64-73H2,1-3H3/b10-7-,12-9-,19-16-,20-17-,21-18-,27-25-,28-26-,32-31-,35-34-,48-45-,54-51-,63-60-. The monoisotopic (exact) mass is 1150 g/mol. The van der Waals surface area contributed by atoms with Crippen molar-refractivity contribution in [3.05, 3.63) is 146 Å². The first-order valence-corrected chi connectivity index (χ1v) is 34.3. The maximum atomic E-state index is 12.9. The lowest BCUT2D eigenvalue weighted by molar-refractivity contribution is -0.166. The summed E-state index contributed by atoms with van der Waals surface area (Å²) >= 11 is 0. The average molecular weight is 1150 g/mol. The summed E-state index contributed by atoms with van der Waals surface area (Å²) in [6.45, 7) is 6.32. The molecule has 0 aromatic rings. The highest BCUT2D eigenvalue weighted by Crippen LogP contribution is 2.16. The van der Waals surface area contributed by atoms with Gasteiger partial charge in [-0.15, -0.1) is 0 Å². The molecule has 83 heavy (non-hydrogen) atoms. The number of rotatable bonds is 61. The number of esters is 3. The Balaban J connectivity index is 4.26. The molecule has 0 aliphatic heterocycles. The summed E-state index contributed by atoms with van der Waals surface area (Å²) in [6.07, 6.45) is 100. The van der Waals surface area contributed by atoms with Crippen molar-refractivity contribution in [1.82, 2.24) is 0 Å². The van der Waals surface area contributed by atoms with Gasteiger partial charge in [-0.25, -0.2) is 0 Å². The zero-order chi connectivity index (χ0) is 59.9. The fourth-order valence-electron chi connectivity index (χ4n) is 9.26. The lowest BCUT2D eigenvalue weighted by atomic mass is 10.0. The Kier molecular flexibility index (Phi) is 65.8. The molecular weight excluding hydrogens is 1020 g/mol. The molecule has 0 saturated heterocycles. The molecule has 0 radical (unpaired) electrons. The zero-order valence-electron chi connectivity index (χ0n) is 53.9. The molecule has 0 aromatic heterocycles. The first-order valence-electron chi connectivity index (χ1n) is 34.3. The van der Waals surface area contributed by atoms with E-state index in [1.165, 1.54) is 135 Å². The van der Waals surface area contributed by atoms with Crippen LogP contribution in [0.15, 0.2) is 146 Å². The Morgan fingerprint density at radius 3 is 0.807 bits per heavy atom. The summed E-state index contributed by atoms with van der Waals surface area (Å²) in [6, 6.07) is 0. The van der Waals surface area contributed by atoms with Gasteiger partial charge in [0.15, 0.2) is 6.10 Å². The number of hydrogen-bond acceptors (Lipinski definition) is 6. The number of carbonyl (C=O) groups excluding carboxylic acids is 3. The average Bonchev–Trinajstić information content (AvgIpc) is 3.49. The van der Waals surface area contributed by atoms with Crippen LogP contribution >= 0.6 is 0 Å². The van der Waals surface area contributed by atoms with Gasteiger partial charge in [0.05, 0.1) is 0 Å². The fourth-order valence-corrected chi connectivity index (χ4v) is 9.26. The maximum Gasteiger partial charge on any atom is 0.306 e. The van der Waals surface area contributed by atoms with Crippen molar-refractivity contribution in [2.45, 2.75) is 309 Å². The second kappa shape index (κ2) is 69.8. The lowest BCUT2D eigenvalue weighted by Gasteiger charge is -2.18. The van der Waals surface area contributed by atoms with E-state index in [-0.39, 0.29) is 37.5 Å². The third-order valence-corrected chi connectivity index (χ3v) is 14.3. The van der Waals surface area contributed by atoms with Gasteiger partial charge in [0, 0.05) is 19.3 Å². The van der Waals surface area contributed by atoms with Crippen LogP contribution in [0.1, 0.15) is 303 Å².